The van der Waals surface area contributed by atoms with Gasteiger partial charge in [-0.15, -0.1) is 0 Å². The third kappa shape index (κ3) is 4.24. The van der Waals surface area contributed by atoms with Gasteiger partial charge in [-0.25, -0.2) is 0 Å². The van der Waals surface area contributed by atoms with Crippen LogP contribution in [0.15, 0.2) is 79.1 Å². The third-order valence-corrected chi connectivity index (χ3v) is 5.80. The molecule has 8 heteroatoms. The van der Waals surface area contributed by atoms with Gasteiger partial charge in [0.15, 0.2) is 0 Å². The number of carboxylic acids is 1. The molecular weight excluding hydrogens is 446 g/mol. The molecule has 0 aliphatic heterocycles. The lowest BCUT2D eigenvalue weighted by Gasteiger charge is -2.11. The topological polar surface area (TPSA) is 114 Å². The van der Waals surface area contributed by atoms with E-state index >= 15 is 0 Å². The summed E-state index contributed by atoms with van der Waals surface area (Å²) in [6, 6.07) is 20.7. The van der Waals surface area contributed by atoms with Crippen LogP contribution in [-0.4, -0.2) is 32.1 Å². The van der Waals surface area contributed by atoms with Crippen molar-refractivity contribution in [2.45, 2.75) is 13.0 Å². The number of para-hydroxylation sites is 1. The summed E-state index contributed by atoms with van der Waals surface area (Å²) >= 11 is 0. The van der Waals surface area contributed by atoms with Crippen molar-refractivity contribution in [3.63, 3.8) is 0 Å². The highest BCUT2D eigenvalue weighted by Crippen LogP contribution is 2.40. The van der Waals surface area contributed by atoms with Crippen molar-refractivity contribution in [2.75, 3.05) is 5.32 Å². The molecule has 0 fully saturated rings. The number of carbonyl (C=O) groups excluding carboxylic acids is 1. The van der Waals surface area contributed by atoms with E-state index in [4.69, 9.17) is 4.74 Å². The van der Waals surface area contributed by atoms with Crippen molar-refractivity contribution >= 4 is 39.9 Å². The Bertz CT molecular complexity index is 1540. The summed E-state index contributed by atoms with van der Waals surface area (Å²) in [5.74, 6) is 0.374. The number of hydrogen-bond donors (Lipinski definition) is 3. The van der Waals surface area contributed by atoms with Crippen LogP contribution < -0.4 is 10.1 Å². The fraction of sp³-hybridized carbons (Fsp3) is 0.0741. The number of rotatable bonds is 8. The predicted octanol–water partition coefficient (Wildman–Crippen LogP) is 4.93. The Hall–Kier alpha value is -4.85. The first-order chi connectivity index (χ1) is 17.0. The van der Waals surface area contributed by atoms with Gasteiger partial charge in [0.1, 0.15) is 17.2 Å². The average molecular weight is 467 g/mol. The Morgan fingerprint density at radius 3 is 2.40 bits per heavy atom. The minimum Gasteiger partial charge on any atom is -0.506 e. The second-order valence-electron chi connectivity index (χ2n) is 8.02. The number of aromatic nitrogens is 2. The molecule has 0 unspecified atom stereocenters. The molecule has 8 nitrogen and oxygen atoms in total. The van der Waals surface area contributed by atoms with E-state index in [-0.39, 0.29) is 12.2 Å². The number of ether oxygens (including phenoxy) is 1. The van der Waals surface area contributed by atoms with E-state index in [9.17, 15) is 19.8 Å². The molecule has 174 valence electrons. The summed E-state index contributed by atoms with van der Waals surface area (Å²) in [5, 5.41) is 23.7. The van der Waals surface area contributed by atoms with Crippen LogP contribution in [0.2, 0.25) is 0 Å². The summed E-state index contributed by atoms with van der Waals surface area (Å²) in [5.41, 5.74) is 3.16. The van der Waals surface area contributed by atoms with Gasteiger partial charge in [0.25, 0.3) is 0 Å². The maximum absolute atomic E-state index is 11.4. The zero-order valence-corrected chi connectivity index (χ0v) is 18.5. The van der Waals surface area contributed by atoms with Crippen LogP contribution in [0.5, 0.6) is 17.2 Å². The molecule has 0 aliphatic rings. The zero-order chi connectivity index (χ0) is 24.4. The summed E-state index contributed by atoms with van der Waals surface area (Å²) in [6.45, 7) is 0.454. The van der Waals surface area contributed by atoms with Gasteiger partial charge in [0.2, 0.25) is 6.41 Å². The highest BCUT2D eigenvalue weighted by molar-refractivity contribution is 6.18. The number of nitrogens with zero attached hydrogens (tertiary/aromatic N) is 2. The van der Waals surface area contributed by atoms with Crippen molar-refractivity contribution in [1.29, 1.82) is 0 Å². The number of benzene rings is 3. The molecule has 1 amide bonds. The molecule has 0 saturated carbocycles. The van der Waals surface area contributed by atoms with Gasteiger partial charge in [-0.05, 0) is 41.5 Å². The molecule has 0 aliphatic carbocycles. The van der Waals surface area contributed by atoms with Crippen molar-refractivity contribution in [3.8, 4) is 17.2 Å². The Balaban J connectivity index is 1.59. The molecule has 5 rings (SSSR count). The molecule has 35 heavy (non-hydrogen) atoms. The number of carbonyl (C=O) groups is 2. The highest BCUT2D eigenvalue weighted by atomic mass is 16.5. The van der Waals surface area contributed by atoms with Gasteiger partial charge in [0.05, 0.1) is 40.9 Å². The minimum atomic E-state index is -1.02. The fourth-order valence-corrected chi connectivity index (χ4v) is 4.32. The maximum atomic E-state index is 11.4. The van der Waals surface area contributed by atoms with Crippen LogP contribution in [0.3, 0.4) is 0 Å². The summed E-state index contributed by atoms with van der Waals surface area (Å²) in [6.07, 6.45) is 3.21. The first-order valence-corrected chi connectivity index (χ1v) is 10.9. The lowest BCUT2D eigenvalue weighted by atomic mass is 10.0. The Morgan fingerprint density at radius 2 is 1.69 bits per heavy atom. The van der Waals surface area contributed by atoms with Crippen molar-refractivity contribution < 1.29 is 24.5 Å². The van der Waals surface area contributed by atoms with Crippen LogP contribution in [-0.2, 0) is 22.6 Å². The van der Waals surface area contributed by atoms with E-state index < -0.39 is 5.97 Å². The van der Waals surface area contributed by atoms with E-state index in [2.05, 4.69) is 10.3 Å². The van der Waals surface area contributed by atoms with Gasteiger partial charge in [-0.2, -0.15) is 0 Å². The molecule has 0 radical (unpaired) electrons. The van der Waals surface area contributed by atoms with E-state index in [1.807, 2.05) is 59.2 Å². The molecule has 2 heterocycles. The SMILES string of the molecule is O=CNc1c(CC(=O)O)ccc2c1c1c(O)cncc1n2Cc1ccc(Oc2ccccc2)cc1. The number of hydrogen-bond acceptors (Lipinski definition) is 5. The molecule has 3 N–H and O–H groups in total. The second kappa shape index (κ2) is 9.18. The number of aromatic hydroxyl groups is 1. The Labute approximate surface area is 200 Å². The standard InChI is InChI=1S/C27H21N3O5/c31-16-29-27-18(12-24(33)34)8-11-21-26(27)25-22(13-28-14-23(25)32)30(21)15-17-6-9-20(10-7-17)35-19-4-2-1-3-5-19/h1-11,13-14,16,32H,12,15H2,(H,29,31)(H,33,34). The third-order valence-electron chi connectivity index (χ3n) is 5.80. The van der Waals surface area contributed by atoms with E-state index in [0.717, 1.165) is 16.8 Å². The largest absolute Gasteiger partial charge is 0.506 e. The molecule has 3 aromatic carbocycles. The highest BCUT2D eigenvalue weighted by Gasteiger charge is 2.20. The Kier molecular flexibility index (Phi) is 5.76. The maximum Gasteiger partial charge on any atom is 0.307 e. The molecule has 2 aromatic heterocycles. The summed E-state index contributed by atoms with van der Waals surface area (Å²) in [4.78, 5) is 26.9. The normalized spacial score (nSPS) is 11.0. The van der Waals surface area contributed by atoms with Gasteiger partial charge in [0, 0.05) is 11.9 Å². The van der Waals surface area contributed by atoms with E-state index in [0.29, 0.717) is 46.2 Å². The fourth-order valence-electron chi connectivity index (χ4n) is 4.32. The van der Waals surface area contributed by atoms with Gasteiger partial charge in [-0.1, -0.05) is 36.4 Å². The van der Waals surface area contributed by atoms with Crippen molar-refractivity contribution in [3.05, 3.63) is 90.3 Å². The first kappa shape index (κ1) is 22.0. The predicted molar refractivity (Wildman–Crippen MR) is 132 cm³/mol. The van der Waals surface area contributed by atoms with E-state index in [1.54, 1.807) is 18.3 Å². The van der Waals surface area contributed by atoms with Crippen LogP contribution in [0.25, 0.3) is 21.8 Å². The zero-order valence-electron chi connectivity index (χ0n) is 18.5. The second-order valence-corrected chi connectivity index (χ2v) is 8.02. The van der Waals surface area contributed by atoms with Crippen molar-refractivity contribution in [2.24, 2.45) is 0 Å². The van der Waals surface area contributed by atoms with Crippen LogP contribution >= 0.6 is 0 Å². The first-order valence-electron chi connectivity index (χ1n) is 10.9. The number of carboxylic acid groups (broad SMARTS) is 1. The number of aliphatic carboxylic acids is 1. The van der Waals surface area contributed by atoms with Crippen LogP contribution in [0, 0.1) is 0 Å². The number of pyridine rings is 1. The lowest BCUT2D eigenvalue weighted by Crippen LogP contribution is -2.06. The summed E-state index contributed by atoms with van der Waals surface area (Å²) in [7, 11) is 0. The van der Waals surface area contributed by atoms with Crippen LogP contribution in [0.1, 0.15) is 11.1 Å². The number of nitrogens with one attached hydrogen (secondary N) is 1. The van der Waals surface area contributed by atoms with E-state index in [1.165, 1.54) is 6.20 Å². The average Bonchev–Trinajstić information content (AvgIpc) is 3.17. The number of fused-ring (bicyclic) bond motifs is 3. The summed E-state index contributed by atoms with van der Waals surface area (Å²) < 4.78 is 7.85. The van der Waals surface area contributed by atoms with Gasteiger partial charge in [-0.3, -0.25) is 14.6 Å². The molecule has 0 atom stereocenters. The van der Waals surface area contributed by atoms with Gasteiger partial charge < -0.3 is 24.8 Å². The lowest BCUT2D eigenvalue weighted by molar-refractivity contribution is -0.136. The number of anilines is 1. The quantitative estimate of drug-likeness (QED) is 0.279. The van der Waals surface area contributed by atoms with Crippen molar-refractivity contribution in [1.82, 2.24) is 9.55 Å². The molecule has 0 bridgehead atoms. The molecule has 5 aromatic rings. The Morgan fingerprint density at radius 1 is 0.943 bits per heavy atom. The number of amides is 1. The molecule has 0 saturated heterocycles. The van der Waals surface area contributed by atoms with Gasteiger partial charge >= 0.3 is 5.97 Å². The van der Waals surface area contributed by atoms with Crippen LogP contribution in [0.4, 0.5) is 5.69 Å². The molecular formula is C27H21N3O5. The monoisotopic (exact) mass is 467 g/mol. The minimum absolute atomic E-state index is 0.0562. The molecule has 0 spiro atoms. The smallest absolute Gasteiger partial charge is 0.307 e.